The molecule has 0 bridgehead atoms. The molecule has 0 fully saturated rings. The number of rotatable bonds is 0. The van der Waals surface area contributed by atoms with Crippen LogP contribution in [0.25, 0.3) is 0 Å². The molecule has 0 nitrogen and oxygen atoms in total. The van der Waals surface area contributed by atoms with Crippen LogP contribution >= 0.6 is 0 Å². The van der Waals surface area contributed by atoms with E-state index < -0.39 is 0 Å². The average Bonchev–Trinajstić information content (AvgIpc) is 3.18. The number of hydrogen-bond acceptors (Lipinski definition) is 0. The van der Waals surface area contributed by atoms with Crippen LogP contribution in [-0.2, 0) is 86.5 Å². The topological polar surface area (TPSA) is 0 Å². The molecule has 308 valence electrons. The molecule has 53 heavy (non-hydrogen) atoms. The number of hydrogen-bond donors (Lipinski definition) is 0. The molecule has 0 aromatic heterocycles. The van der Waals surface area contributed by atoms with Crippen molar-refractivity contribution >= 4 is 0 Å². The minimum atomic E-state index is 0. The van der Waals surface area contributed by atoms with Crippen molar-refractivity contribution in [2.24, 2.45) is 0 Å². The largest absolute Gasteiger partial charge is 2.00 e. The van der Waals surface area contributed by atoms with Gasteiger partial charge in [0.15, 0.2) is 0 Å². The minimum absolute atomic E-state index is 0. The predicted molar refractivity (Wildman–Crippen MR) is 252 cm³/mol. The standard InChI is InChI=1S/5C6H6.6C2H6.2CH4.6CH3.W.2Y/c5*1-2-4-6-5-3-1;6*1-2;;;;;;;;;;;/h5*1-6H;6*1-2H3;2*1H4;6*1H3;;;/q;;;;;;;;;;;;;6*-1;+2;;. The van der Waals surface area contributed by atoms with Crippen molar-refractivity contribution in [2.45, 2.75) is 97.9 Å². The summed E-state index contributed by atoms with van der Waals surface area (Å²) in [7, 11) is 0. The Balaban J connectivity index is -0.0000000181. The maximum absolute atomic E-state index is 2.00. The van der Waals surface area contributed by atoms with Gasteiger partial charge in [0.2, 0.25) is 0 Å². The van der Waals surface area contributed by atoms with E-state index in [-0.39, 0.29) is 146 Å². The third kappa shape index (κ3) is 146. The second kappa shape index (κ2) is 152. The first-order chi connectivity index (χ1) is 21.0. The van der Waals surface area contributed by atoms with Gasteiger partial charge in [0.25, 0.3) is 0 Å². The predicted octanol–water partition coefficient (Wildman–Crippen LogP) is 18.6. The fraction of sp³-hybridized carbons (Fsp3) is 0.280. The molecule has 0 saturated heterocycles. The monoisotopic (exact) mass is 1050 g/mol. The van der Waals surface area contributed by atoms with Gasteiger partial charge in [-0.05, 0) is 0 Å². The zero-order valence-electron chi connectivity index (χ0n) is 36.9. The van der Waals surface area contributed by atoms with Gasteiger partial charge < -0.3 is 44.6 Å². The molecule has 3 heteroatoms. The van der Waals surface area contributed by atoms with Crippen LogP contribution in [0, 0.1) is 44.6 Å². The Hall–Kier alpha value is -1.00. The molecule has 0 heterocycles. The summed E-state index contributed by atoms with van der Waals surface area (Å²) in [5.74, 6) is 0. The van der Waals surface area contributed by atoms with E-state index in [9.17, 15) is 0 Å². The van der Waals surface area contributed by atoms with Gasteiger partial charge in [0.1, 0.15) is 0 Å². The van der Waals surface area contributed by atoms with Gasteiger partial charge in [-0.2, -0.15) is 0 Å². The molecular weight excluding hydrogens is 962 g/mol. The minimum Gasteiger partial charge on any atom is -0.358 e. The molecule has 2 radical (unpaired) electrons. The smallest absolute Gasteiger partial charge is 0.358 e. The maximum Gasteiger partial charge on any atom is 2.00 e. The van der Waals surface area contributed by atoms with Crippen molar-refractivity contribution in [2.75, 3.05) is 0 Å². The summed E-state index contributed by atoms with van der Waals surface area (Å²) in [5.41, 5.74) is 0. The van der Waals surface area contributed by atoms with Gasteiger partial charge in [0.05, 0.1) is 0 Å². The van der Waals surface area contributed by atoms with Crippen LogP contribution < -0.4 is 0 Å². The van der Waals surface area contributed by atoms with E-state index in [1.54, 1.807) is 0 Å². The Bertz CT molecular complexity index is 562. The van der Waals surface area contributed by atoms with E-state index in [2.05, 4.69) is 0 Å². The van der Waals surface area contributed by atoms with Crippen LogP contribution in [0.5, 0.6) is 0 Å². The van der Waals surface area contributed by atoms with E-state index in [4.69, 9.17) is 0 Å². The summed E-state index contributed by atoms with van der Waals surface area (Å²) in [6.45, 7) is 24.0. The molecule has 0 unspecified atom stereocenters. The molecule has 0 aliphatic heterocycles. The molecule has 0 aliphatic carbocycles. The summed E-state index contributed by atoms with van der Waals surface area (Å²) in [6, 6.07) is 60.0. The molecule has 5 rings (SSSR count). The van der Waals surface area contributed by atoms with E-state index in [0.717, 1.165) is 0 Å². The average molecular weight is 1050 g/mol. The van der Waals surface area contributed by atoms with Crippen LogP contribution in [0.3, 0.4) is 0 Å². The molecule has 5 aromatic carbocycles. The van der Waals surface area contributed by atoms with E-state index >= 15 is 0 Å². The molecule has 0 aliphatic rings. The van der Waals surface area contributed by atoms with Crippen LogP contribution in [0.4, 0.5) is 0 Å². The first kappa shape index (κ1) is 110. The fourth-order valence-electron chi connectivity index (χ4n) is 1.92. The van der Waals surface area contributed by atoms with Crippen molar-refractivity contribution in [3.63, 3.8) is 0 Å². The third-order valence-electron chi connectivity index (χ3n) is 3.33. The summed E-state index contributed by atoms with van der Waals surface area (Å²) in [4.78, 5) is 0. The maximum atomic E-state index is 2.00. The summed E-state index contributed by atoms with van der Waals surface area (Å²) < 4.78 is 0. The molecule has 0 spiro atoms. The van der Waals surface area contributed by atoms with E-state index in [0.29, 0.717) is 0 Å². The van der Waals surface area contributed by atoms with Gasteiger partial charge in [-0.3, -0.25) is 0 Å². The van der Waals surface area contributed by atoms with Crippen molar-refractivity contribution in [3.05, 3.63) is 227 Å². The van der Waals surface area contributed by atoms with Gasteiger partial charge >= 0.3 is 21.1 Å². The zero-order valence-corrected chi connectivity index (χ0v) is 45.5. The van der Waals surface area contributed by atoms with Crippen LogP contribution in [0.15, 0.2) is 182 Å². The fourth-order valence-corrected chi connectivity index (χ4v) is 1.92. The summed E-state index contributed by atoms with van der Waals surface area (Å²) in [6.07, 6.45) is 0. The Labute approximate surface area is 406 Å². The quantitative estimate of drug-likeness (QED) is 0.136. The second-order valence-corrected chi connectivity index (χ2v) is 5.77. The normalized spacial score (nSPS) is 5.21. The van der Waals surface area contributed by atoms with E-state index in [1.165, 1.54) is 0 Å². The summed E-state index contributed by atoms with van der Waals surface area (Å²) in [5, 5.41) is 0. The summed E-state index contributed by atoms with van der Waals surface area (Å²) >= 11 is 0. The molecule has 5 aromatic rings. The van der Waals surface area contributed by atoms with Crippen LogP contribution in [0.2, 0.25) is 0 Å². The first-order valence-electron chi connectivity index (χ1n) is 16.0. The van der Waals surface area contributed by atoms with Gasteiger partial charge in [-0.15, -0.1) is 0 Å². The second-order valence-electron chi connectivity index (χ2n) is 5.77. The van der Waals surface area contributed by atoms with Crippen molar-refractivity contribution in [3.8, 4) is 0 Å². The van der Waals surface area contributed by atoms with Gasteiger partial charge in [-0.1, -0.05) is 280 Å². The Morgan fingerprint density at radius 3 is 0.189 bits per heavy atom. The molecular formula is C50H92WY2-4. The van der Waals surface area contributed by atoms with Gasteiger partial charge in [-0.25, -0.2) is 0 Å². The molecule has 0 saturated carbocycles. The molecule has 0 amide bonds. The molecule has 0 N–H and O–H groups in total. The Kier molecular flexibility index (Phi) is 316. The first-order valence-corrected chi connectivity index (χ1v) is 16.0. The third-order valence-corrected chi connectivity index (χ3v) is 3.33. The van der Waals surface area contributed by atoms with Gasteiger partial charge in [0, 0.05) is 65.4 Å². The number of benzene rings is 5. The van der Waals surface area contributed by atoms with Crippen LogP contribution in [0.1, 0.15) is 97.9 Å². The van der Waals surface area contributed by atoms with Crippen molar-refractivity contribution in [1.29, 1.82) is 0 Å². The molecule has 0 atom stereocenters. The zero-order chi connectivity index (χ0) is 33.2. The van der Waals surface area contributed by atoms with Crippen molar-refractivity contribution < 1.29 is 86.5 Å². The Morgan fingerprint density at radius 2 is 0.170 bits per heavy atom. The van der Waals surface area contributed by atoms with Crippen molar-refractivity contribution in [1.82, 2.24) is 0 Å². The van der Waals surface area contributed by atoms with Crippen LogP contribution in [-0.4, -0.2) is 0 Å². The van der Waals surface area contributed by atoms with E-state index in [1.807, 2.05) is 265 Å². The Morgan fingerprint density at radius 1 is 0.151 bits per heavy atom. The SMILES string of the molecule is C.C.CC.CC.CC.CC.CC.CC.[CH3-].[CH3-].[CH3-].[CH3-].[CH3-].[CH3-].[W+2].[Y].[Y].c1ccccc1.c1ccccc1.c1ccccc1.c1ccccc1.c1ccccc1.